The molecule has 1 aliphatic rings. The van der Waals surface area contributed by atoms with E-state index in [2.05, 4.69) is 15.0 Å². The maximum absolute atomic E-state index is 8.95. The first kappa shape index (κ1) is 13.5. The number of aromatic nitrogens is 3. The van der Waals surface area contributed by atoms with Crippen molar-refractivity contribution in [2.45, 2.75) is 45.1 Å². The van der Waals surface area contributed by atoms with Gasteiger partial charge in [-0.25, -0.2) is 9.67 Å². The van der Waals surface area contributed by atoms with E-state index < -0.39 is 0 Å². The normalized spacial score (nSPS) is 18.5. The summed E-state index contributed by atoms with van der Waals surface area (Å²) < 4.78 is 1.81. The van der Waals surface area contributed by atoms with Crippen molar-refractivity contribution in [3.8, 4) is 0 Å². The van der Waals surface area contributed by atoms with E-state index in [-0.39, 0.29) is 6.61 Å². The number of rotatable bonds is 5. The Morgan fingerprint density at radius 1 is 1.06 bits per heavy atom. The molecular weight excluding hydrogens is 228 g/mol. The van der Waals surface area contributed by atoms with Gasteiger partial charge in [0.15, 0.2) is 0 Å². The van der Waals surface area contributed by atoms with Crippen LogP contribution in [0.25, 0.3) is 0 Å². The van der Waals surface area contributed by atoms with Crippen LogP contribution in [0.1, 0.15) is 37.9 Å². The Morgan fingerprint density at radius 2 is 1.78 bits per heavy atom. The monoisotopic (exact) mass is 252 g/mol. The van der Waals surface area contributed by atoms with Crippen molar-refractivity contribution in [2.24, 2.45) is 0 Å². The topological polar surface area (TPSA) is 54.2 Å². The third-order valence-electron chi connectivity index (χ3n) is 3.61. The summed E-state index contributed by atoms with van der Waals surface area (Å²) in [5.41, 5.74) is 0. The molecule has 0 aromatic carbocycles. The number of nitrogens with zero attached hydrogens (tertiary/aromatic N) is 4. The van der Waals surface area contributed by atoms with Gasteiger partial charge in [-0.3, -0.25) is 0 Å². The fraction of sp³-hybridized carbons (Fsp3) is 0.846. The molecule has 0 amide bonds. The van der Waals surface area contributed by atoms with Gasteiger partial charge < -0.3 is 10.0 Å². The SMILES string of the molecule is OCCn1ncnc1CCN1CCCCCCC1. The lowest BCUT2D eigenvalue weighted by Crippen LogP contribution is -2.30. The number of likely N-dealkylation sites (tertiary alicyclic amines) is 1. The van der Waals surface area contributed by atoms with Crippen LogP contribution in [-0.2, 0) is 13.0 Å². The second-order valence-electron chi connectivity index (χ2n) is 4.98. The van der Waals surface area contributed by atoms with E-state index in [4.69, 9.17) is 5.11 Å². The summed E-state index contributed by atoms with van der Waals surface area (Å²) in [6, 6.07) is 0. The zero-order valence-corrected chi connectivity index (χ0v) is 11.1. The van der Waals surface area contributed by atoms with Crippen molar-refractivity contribution in [1.29, 1.82) is 0 Å². The van der Waals surface area contributed by atoms with E-state index in [1.165, 1.54) is 45.2 Å². The first-order valence-electron chi connectivity index (χ1n) is 7.10. The van der Waals surface area contributed by atoms with Crippen LogP contribution in [0.15, 0.2) is 6.33 Å². The minimum absolute atomic E-state index is 0.125. The van der Waals surface area contributed by atoms with E-state index in [1.807, 2.05) is 4.68 Å². The van der Waals surface area contributed by atoms with Crippen molar-refractivity contribution in [3.63, 3.8) is 0 Å². The summed E-state index contributed by atoms with van der Waals surface area (Å²) in [6.07, 6.45) is 9.30. The molecule has 0 saturated carbocycles. The first-order chi connectivity index (χ1) is 8.90. The second-order valence-corrected chi connectivity index (χ2v) is 4.98. The molecule has 1 aromatic heterocycles. The molecule has 1 aliphatic heterocycles. The molecule has 0 atom stereocenters. The number of hydrogen-bond acceptors (Lipinski definition) is 4. The van der Waals surface area contributed by atoms with Gasteiger partial charge in [-0.15, -0.1) is 0 Å². The van der Waals surface area contributed by atoms with E-state index in [9.17, 15) is 0 Å². The Morgan fingerprint density at radius 3 is 2.50 bits per heavy atom. The van der Waals surface area contributed by atoms with E-state index in [0.29, 0.717) is 6.54 Å². The zero-order chi connectivity index (χ0) is 12.6. The standard InChI is InChI=1S/C13H24N4O/c18-11-10-17-13(14-12-15-17)6-9-16-7-4-2-1-3-5-8-16/h12,18H,1-11H2. The van der Waals surface area contributed by atoms with Crippen LogP contribution in [0, 0.1) is 0 Å². The molecule has 2 rings (SSSR count). The van der Waals surface area contributed by atoms with E-state index in [0.717, 1.165) is 18.8 Å². The molecule has 1 fully saturated rings. The summed E-state index contributed by atoms with van der Waals surface area (Å²) in [5.74, 6) is 0.992. The fourth-order valence-corrected chi connectivity index (χ4v) is 2.56. The predicted molar refractivity (Wildman–Crippen MR) is 70.3 cm³/mol. The maximum atomic E-state index is 8.95. The van der Waals surface area contributed by atoms with Crippen molar-refractivity contribution in [3.05, 3.63) is 12.2 Å². The van der Waals surface area contributed by atoms with Gasteiger partial charge in [0.2, 0.25) is 0 Å². The molecule has 0 radical (unpaired) electrons. The summed E-state index contributed by atoms with van der Waals surface area (Å²) in [5, 5.41) is 13.1. The smallest absolute Gasteiger partial charge is 0.138 e. The summed E-state index contributed by atoms with van der Waals surface area (Å²) in [7, 11) is 0. The van der Waals surface area contributed by atoms with Crippen molar-refractivity contribution in [2.75, 3.05) is 26.2 Å². The number of aliphatic hydroxyl groups excluding tert-OH is 1. The maximum Gasteiger partial charge on any atom is 0.138 e. The minimum atomic E-state index is 0.125. The molecule has 2 heterocycles. The molecule has 0 aliphatic carbocycles. The Bertz CT molecular complexity index is 331. The third kappa shape index (κ3) is 4.07. The van der Waals surface area contributed by atoms with Gasteiger partial charge in [-0.1, -0.05) is 19.3 Å². The zero-order valence-electron chi connectivity index (χ0n) is 11.1. The molecule has 1 aromatic rings. The Balaban J connectivity index is 1.80. The largest absolute Gasteiger partial charge is 0.394 e. The van der Waals surface area contributed by atoms with Crippen LogP contribution in [0.5, 0.6) is 0 Å². The Hall–Kier alpha value is -0.940. The minimum Gasteiger partial charge on any atom is -0.394 e. The molecule has 0 spiro atoms. The van der Waals surface area contributed by atoms with Gasteiger partial charge in [-0.05, 0) is 25.9 Å². The highest BCUT2D eigenvalue weighted by Crippen LogP contribution is 2.10. The van der Waals surface area contributed by atoms with Gasteiger partial charge in [0.05, 0.1) is 13.2 Å². The van der Waals surface area contributed by atoms with Crippen LogP contribution in [0.3, 0.4) is 0 Å². The molecule has 0 unspecified atom stereocenters. The lowest BCUT2D eigenvalue weighted by Gasteiger charge is -2.24. The summed E-state index contributed by atoms with van der Waals surface area (Å²) in [4.78, 5) is 6.81. The molecule has 1 N–H and O–H groups in total. The van der Waals surface area contributed by atoms with Crippen molar-refractivity contribution < 1.29 is 5.11 Å². The molecule has 5 nitrogen and oxygen atoms in total. The molecular formula is C13H24N4O. The van der Waals surface area contributed by atoms with Gasteiger partial charge in [0, 0.05) is 13.0 Å². The number of aliphatic hydroxyl groups is 1. The van der Waals surface area contributed by atoms with Crippen molar-refractivity contribution in [1.82, 2.24) is 19.7 Å². The third-order valence-corrected chi connectivity index (χ3v) is 3.61. The molecule has 1 saturated heterocycles. The van der Waals surface area contributed by atoms with Gasteiger partial charge >= 0.3 is 0 Å². The van der Waals surface area contributed by atoms with Crippen LogP contribution in [-0.4, -0.2) is 51.0 Å². The average molecular weight is 252 g/mol. The van der Waals surface area contributed by atoms with E-state index >= 15 is 0 Å². The average Bonchev–Trinajstić information content (AvgIpc) is 2.76. The second kappa shape index (κ2) is 7.48. The quantitative estimate of drug-likeness (QED) is 0.852. The van der Waals surface area contributed by atoms with Crippen LogP contribution in [0.2, 0.25) is 0 Å². The highest BCUT2D eigenvalue weighted by atomic mass is 16.3. The Labute approximate surface area is 109 Å². The number of hydrogen-bond donors (Lipinski definition) is 1. The van der Waals surface area contributed by atoms with Gasteiger partial charge in [-0.2, -0.15) is 5.10 Å². The highest BCUT2D eigenvalue weighted by molar-refractivity contribution is 4.86. The van der Waals surface area contributed by atoms with Crippen LogP contribution < -0.4 is 0 Å². The van der Waals surface area contributed by atoms with E-state index in [1.54, 1.807) is 6.33 Å². The highest BCUT2D eigenvalue weighted by Gasteiger charge is 2.10. The lowest BCUT2D eigenvalue weighted by atomic mass is 10.1. The first-order valence-corrected chi connectivity index (χ1v) is 7.10. The summed E-state index contributed by atoms with van der Waals surface area (Å²) >= 11 is 0. The fourth-order valence-electron chi connectivity index (χ4n) is 2.56. The van der Waals surface area contributed by atoms with Gasteiger partial charge in [0.1, 0.15) is 12.2 Å². The van der Waals surface area contributed by atoms with Crippen LogP contribution in [0.4, 0.5) is 0 Å². The summed E-state index contributed by atoms with van der Waals surface area (Å²) in [6.45, 7) is 4.17. The van der Waals surface area contributed by atoms with Gasteiger partial charge in [0.25, 0.3) is 0 Å². The molecule has 5 heteroatoms. The van der Waals surface area contributed by atoms with Crippen LogP contribution >= 0.6 is 0 Å². The lowest BCUT2D eigenvalue weighted by molar-refractivity contribution is 0.243. The Kier molecular flexibility index (Phi) is 5.61. The molecule has 18 heavy (non-hydrogen) atoms. The molecule has 102 valence electrons. The van der Waals surface area contributed by atoms with Crippen molar-refractivity contribution >= 4 is 0 Å². The molecule has 0 bridgehead atoms. The predicted octanol–water partition coefficient (Wildman–Crippen LogP) is 1.08.